The van der Waals surface area contributed by atoms with Crippen molar-refractivity contribution in [1.29, 1.82) is 0 Å². The van der Waals surface area contributed by atoms with Gasteiger partial charge in [-0.1, -0.05) is 48.5 Å². The number of carbonyl (C=O) groups is 3. The number of ether oxygens (including phenoxy) is 2. The fourth-order valence-corrected chi connectivity index (χ4v) is 5.84. The molecule has 0 radical (unpaired) electrons. The predicted octanol–water partition coefficient (Wildman–Crippen LogP) is 5.44. The average molecular weight is 543 g/mol. The lowest BCUT2D eigenvalue weighted by Crippen LogP contribution is -2.65. The summed E-state index contributed by atoms with van der Waals surface area (Å²) in [6.45, 7) is 4.82. The van der Waals surface area contributed by atoms with Crippen LogP contribution in [0.5, 0.6) is 0 Å². The first-order valence-electron chi connectivity index (χ1n) is 13.9. The summed E-state index contributed by atoms with van der Waals surface area (Å²) >= 11 is 0. The third-order valence-electron chi connectivity index (χ3n) is 7.97. The van der Waals surface area contributed by atoms with Gasteiger partial charge in [-0.2, -0.15) is 0 Å². The quantitative estimate of drug-likeness (QED) is 0.201. The molecule has 8 heteroatoms. The lowest BCUT2D eigenvalue weighted by atomic mass is 9.82. The first kappa shape index (κ1) is 27.4. The molecule has 2 atom stereocenters. The van der Waals surface area contributed by atoms with E-state index >= 15 is 0 Å². The number of carbonyl (C=O) groups excluding carboxylic acids is 3. The molecular formula is C32H36N3O5+. The van der Waals surface area contributed by atoms with Crippen molar-refractivity contribution >= 4 is 29.2 Å². The molecule has 3 fully saturated rings. The molecule has 3 aromatic rings. The maximum Gasteiger partial charge on any atom is 0.411 e. The number of Topliss-reactive ketones (excluding diaryl/α,β-unsaturated/α-hetero) is 1. The van der Waals surface area contributed by atoms with Crippen LogP contribution in [0.25, 0.3) is 0 Å². The molecule has 3 saturated heterocycles. The summed E-state index contributed by atoms with van der Waals surface area (Å²) in [6.07, 6.45) is 1.10. The van der Waals surface area contributed by atoms with Gasteiger partial charge in [0.1, 0.15) is 13.1 Å². The Morgan fingerprint density at radius 1 is 0.875 bits per heavy atom. The van der Waals surface area contributed by atoms with Crippen molar-refractivity contribution in [3.63, 3.8) is 0 Å². The molecule has 8 nitrogen and oxygen atoms in total. The van der Waals surface area contributed by atoms with Crippen molar-refractivity contribution in [2.45, 2.75) is 31.9 Å². The Morgan fingerprint density at radius 3 is 2.17 bits per heavy atom. The summed E-state index contributed by atoms with van der Waals surface area (Å²) in [5.41, 5.74) is 2.86. The minimum Gasteiger partial charge on any atom is -0.454 e. The van der Waals surface area contributed by atoms with E-state index in [1.165, 1.54) is 0 Å². The zero-order valence-electron chi connectivity index (χ0n) is 22.8. The van der Waals surface area contributed by atoms with E-state index in [4.69, 9.17) is 9.47 Å². The van der Waals surface area contributed by atoms with Crippen molar-refractivity contribution in [1.82, 2.24) is 0 Å². The highest BCUT2D eigenvalue weighted by Gasteiger charge is 2.49. The zero-order chi connectivity index (χ0) is 28.0. The number of piperidine rings is 3. The van der Waals surface area contributed by atoms with Crippen LogP contribution in [0.4, 0.5) is 16.2 Å². The highest BCUT2D eigenvalue weighted by atomic mass is 16.6. The van der Waals surface area contributed by atoms with E-state index in [0.29, 0.717) is 34.7 Å². The molecule has 0 aromatic heterocycles. The van der Waals surface area contributed by atoms with Crippen LogP contribution in [-0.4, -0.2) is 61.2 Å². The number of anilines is 2. The van der Waals surface area contributed by atoms with Gasteiger partial charge in [0.25, 0.3) is 0 Å². The van der Waals surface area contributed by atoms with Gasteiger partial charge in [-0.3, -0.25) is 10.1 Å². The molecule has 1 amide bonds. The zero-order valence-corrected chi connectivity index (χ0v) is 22.8. The van der Waals surface area contributed by atoms with E-state index < -0.39 is 12.1 Å². The summed E-state index contributed by atoms with van der Waals surface area (Å²) in [6, 6.07) is 25.5. The number of hydrogen-bond donors (Lipinski definition) is 2. The summed E-state index contributed by atoms with van der Waals surface area (Å²) in [7, 11) is 0. The van der Waals surface area contributed by atoms with Gasteiger partial charge < -0.3 is 19.3 Å². The van der Waals surface area contributed by atoms with Crippen LogP contribution < -0.4 is 10.6 Å². The number of rotatable bonds is 10. The van der Waals surface area contributed by atoms with Crippen molar-refractivity contribution in [3.8, 4) is 0 Å². The molecule has 3 aliphatic rings. The number of nitrogens with one attached hydrogen (secondary N) is 2. The first-order chi connectivity index (χ1) is 19.4. The number of fused-ring (bicyclic) bond motifs is 3. The second-order valence-electron chi connectivity index (χ2n) is 10.6. The van der Waals surface area contributed by atoms with E-state index in [-0.39, 0.29) is 24.5 Å². The number of benzene rings is 3. The maximum absolute atomic E-state index is 13.6. The van der Waals surface area contributed by atoms with Crippen molar-refractivity contribution in [2.24, 2.45) is 5.92 Å². The second kappa shape index (κ2) is 12.3. The normalized spacial score (nSPS) is 22.1. The lowest BCUT2D eigenvalue weighted by Gasteiger charge is -2.51. The number of esters is 1. The molecule has 6 rings (SSSR count). The summed E-state index contributed by atoms with van der Waals surface area (Å²) in [5, 5.41) is 5.99. The van der Waals surface area contributed by atoms with Crippen molar-refractivity contribution < 1.29 is 28.3 Å². The highest BCUT2D eigenvalue weighted by molar-refractivity contribution is 5.97. The van der Waals surface area contributed by atoms with Crippen molar-refractivity contribution in [2.75, 3.05) is 43.4 Å². The van der Waals surface area contributed by atoms with Gasteiger partial charge in [-0.25, -0.2) is 9.59 Å². The molecule has 3 aliphatic heterocycles. The predicted molar refractivity (Wildman–Crippen MR) is 153 cm³/mol. The summed E-state index contributed by atoms with van der Waals surface area (Å²) < 4.78 is 11.7. The molecule has 1 unspecified atom stereocenters. The summed E-state index contributed by atoms with van der Waals surface area (Å²) in [4.78, 5) is 38.6. The fraction of sp³-hybridized carbons (Fsp3) is 0.344. The van der Waals surface area contributed by atoms with E-state index in [1.807, 2.05) is 60.7 Å². The average Bonchev–Trinajstić information content (AvgIpc) is 2.97. The number of para-hydroxylation sites is 1. The number of nitrogens with zero attached hydrogens (tertiary/aromatic N) is 1. The van der Waals surface area contributed by atoms with Crippen LogP contribution in [0.2, 0.25) is 0 Å². The third kappa shape index (κ3) is 6.51. The topological polar surface area (TPSA) is 93.7 Å². The Kier molecular flexibility index (Phi) is 8.45. The van der Waals surface area contributed by atoms with E-state index in [0.717, 1.165) is 37.2 Å². The number of ketones is 1. The van der Waals surface area contributed by atoms with Crippen LogP contribution in [0.1, 0.15) is 41.7 Å². The monoisotopic (exact) mass is 542 g/mol. The Bertz CT molecular complexity index is 1310. The van der Waals surface area contributed by atoms with E-state index in [2.05, 4.69) is 10.6 Å². The van der Waals surface area contributed by atoms with Crippen LogP contribution in [0.15, 0.2) is 84.9 Å². The van der Waals surface area contributed by atoms with Gasteiger partial charge in [0.15, 0.2) is 12.1 Å². The second-order valence-corrected chi connectivity index (χ2v) is 10.6. The van der Waals surface area contributed by atoms with E-state index in [1.54, 1.807) is 31.2 Å². The number of quaternary nitrogens is 1. The molecule has 2 N–H and O–H groups in total. The van der Waals surface area contributed by atoms with Gasteiger partial charge >= 0.3 is 12.1 Å². The Hall–Kier alpha value is -4.17. The maximum atomic E-state index is 13.6. The third-order valence-corrected chi connectivity index (χ3v) is 7.97. The molecule has 0 aliphatic carbocycles. The minimum absolute atomic E-state index is 0.0426. The molecule has 0 saturated carbocycles. The van der Waals surface area contributed by atoms with Gasteiger partial charge in [0.2, 0.25) is 5.78 Å². The standard InChI is InChI=1S/C32H35N3O5/c1-2-39-32(38)34-27-15-13-23(14-16-27)28(36)21-35-19-17-24(18-20-35)29(22-35)40-31(37)30(25-9-5-3-6-10-25)33-26-11-7-4-8-12-26/h3-16,24,29-30,33H,2,17-22H2,1H3/p+1/t24?,29-,30?,35?/m0/s1. The van der Waals surface area contributed by atoms with Crippen molar-refractivity contribution in [3.05, 3.63) is 96.1 Å². The van der Waals surface area contributed by atoms with Gasteiger partial charge in [0, 0.05) is 35.7 Å². The molecular weight excluding hydrogens is 506 g/mol. The SMILES string of the molecule is CCOC(=O)Nc1ccc(C(=O)C[N+]23CCC(CC2)[C@@H](OC(=O)C(Nc2ccccc2)c2ccccc2)C3)cc1. The lowest BCUT2D eigenvalue weighted by molar-refractivity contribution is -0.938. The molecule has 3 heterocycles. The van der Waals surface area contributed by atoms with Crippen LogP contribution in [0, 0.1) is 5.92 Å². The number of amides is 1. The molecule has 40 heavy (non-hydrogen) atoms. The highest BCUT2D eigenvalue weighted by Crippen LogP contribution is 2.37. The Labute approximate surface area is 234 Å². The minimum atomic E-state index is -0.629. The summed E-state index contributed by atoms with van der Waals surface area (Å²) in [5.74, 6) is 0.0458. The van der Waals surface area contributed by atoms with Gasteiger partial charge in [-0.15, -0.1) is 0 Å². The fourth-order valence-electron chi connectivity index (χ4n) is 5.84. The van der Waals surface area contributed by atoms with Gasteiger partial charge in [0.05, 0.1) is 19.7 Å². The molecule has 208 valence electrons. The molecule has 0 spiro atoms. The number of hydrogen-bond acceptors (Lipinski definition) is 6. The molecule has 3 aromatic carbocycles. The van der Waals surface area contributed by atoms with Crippen LogP contribution >= 0.6 is 0 Å². The smallest absolute Gasteiger partial charge is 0.411 e. The van der Waals surface area contributed by atoms with Gasteiger partial charge in [-0.05, 0) is 48.9 Å². The Balaban J connectivity index is 1.25. The Morgan fingerprint density at radius 2 is 1.52 bits per heavy atom. The van der Waals surface area contributed by atoms with Crippen LogP contribution in [-0.2, 0) is 14.3 Å². The van der Waals surface area contributed by atoms with E-state index in [9.17, 15) is 14.4 Å². The molecule has 2 bridgehead atoms. The first-order valence-corrected chi connectivity index (χ1v) is 13.9. The largest absolute Gasteiger partial charge is 0.454 e. The van der Waals surface area contributed by atoms with Crippen LogP contribution in [0.3, 0.4) is 0 Å².